The molecule has 27 heavy (non-hydrogen) atoms. The van der Waals surface area contributed by atoms with Crippen LogP contribution in [0.15, 0.2) is 12.1 Å². The van der Waals surface area contributed by atoms with Gasteiger partial charge in [-0.2, -0.15) is 0 Å². The van der Waals surface area contributed by atoms with Crippen LogP contribution < -0.4 is 10.1 Å². The molecule has 150 valence electrons. The van der Waals surface area contributed by atoms with Crippen molar-refractivity contribution in [3.05, 3.63) is 28.3 Å². The smallest absolute Gasteiger partial charge is 0.260 e. The molecule has 1 aromatic rings. The van der Waals surface area contributed by atoms with Crippen LogP contribution in [0.2, 0.25) is 5.02 Å². The Morgan fingerprint density at radius 2 is 1.85 bits per heavy atom. The summed E-state index contributed by atoms with van der Waals surface area (Å²) in [6.45, 7) is 8.26. The lowest BCUT2D eigenvalue weighted by Gasteiger charge is -2.22. The molecule has 0 saturated carbocycles. The minimum absolute atomic E-state index is 0.0698. The van der Waals surface area contributed by atoms with E-state index >= 15 is 0 Å². The lowest BCUT2D eigenvalue weighted by atomic mass is 10.1. The first-order chi connectivity index (χ1) is 12.7. The molecule has 0 spiro atoms. The molecule has 7 heteroatoms. The number of carbonyl (C=O) groups is 2. The molecule has 1 aliphatic rings. The number of aryl methyl sites for hydroxylation is 2. The quantitative estimate of drug-likeness (QED) is 0.801. The van der Waals surface area contributed by atoms with Crippen LogP contribution in [0.1, 0.15) is 37.8 Å². The van der Waals surface area contributed by atoms with E-state index in [9.17, 15) is 14.7 Å². The highest BCUT2D eigenvalue weighted by Gasteiger charge is 2.28. The molecule has 0 aromatic heterocycles. The largest absolute Gasteiger partial charge is 0.484 e. The summed E-state index contributed by atoms with van der Waals surface area (Å²) in [5.74, 6) is 0.247. The topological polar surface area (TPSA) is 78.9 Å². The van der Waals surface area contributed by atoms with Crippen molar-refractivity contribution in [2.75, 3.05) is 19.7 Å². The minimum Gasteiger partial charge on any atom is -0.484 e. The van der Waals surface area contributed by atoms with Crippen LogP contribution in [-0.2, 0) is 9.59 Å². The van der Waals surface area contributed by atoms with E-state index in [-0.39, 0.29) is 30.4 Å². The average Bonchev–Trinajstić information content (AvgIpc) is 2.79. The monoisotopic (exact) mass is 396 g/mol. The number of hydrogen-bond donors (Lipinski definition) is 2. The van der Waals surface area contributed by atoms with Crippen LogP contribution >= 0.6 is 11.6 Å². The van der Waals surface area contributed by atoms with E-state index < -0.39 is 6.10 Å². The lowest BCUT2D eigenvalue weighted by molar-refractivity contribution is -0.133. The van der Waals surface area contributed by atoms with Crippen molar-refractivity contribution >= 4 is 23.4 Å². The number of halogens is 1. The normalized spacial score (nSPS) is 20.3. The Morgan fingerprint density at radius 3 is 2.44 bits per heavy atom. The van der Waals surface area contributed by atoms with Gasteiger partial charge in [0.2, 0.25) is 5.91 Å². The van der Waals surface area contributed by atoms with Gasteiger partial charge in [0.25, 0.3) is 5.91 Å². The van der Waals surface area contributed by atoms with Gasteiger partial charge in [0, 0.05) is 24.0 Å². The fraction of sp³-hybridized carbons (Fsp3) is 0.600. The van der Waals surface area contributed by atoms with Crippen molar-refractivity contribution in [1.29, 1.82) is 0 Å². The lowest BCUT2D eigenvalue weighted by Crippen LogP contribution is -2.44. The van der Waals surface area contributed by atoms with E-state index in [0.29, 0.717) is 36.7 Å². The Hall–Kier alpha value is -1.79. The standard InChI is InChI=1S/C20H29ClN2O4/c1-12(2)20(26)22-16-5-7-23(8-6-17(16)24)18(25)11-27-15-9-13(3)19(21)14(4)10-15/h9-10,12,16-17,24H,5-8,11H2,1-4H3,(H,22,26)/t16-,17-/m0/s1. The average molecular weight is 397 g/mol. The fourth-order valence-corrected chi connectivity index (χ4v) is 3.19. The maximum atomic E-state index is 12.5. The van der Waals surface area contributed by atoms with E-state index in [1.807, 2.05) is 39.8 Å². The molecule has 0 unspecified atom stereocenters. The Kier molecular flexibility index (Phi) is 7.50. The first-order valence-corrected chi connectivity index (χ1v) is 9.72. The molecule has 1 saturated heterocycles. The zero-order valence-electron chi connectivity index (χ0n) is 16.4. The number of aliphatic hydroxyl groups is 1. The molecule has 2 amide bonds. The van der Waals surface area contributed by atoms with Crippen LogP contribution in [0.4, 0.5) is 0 Å². The summed E-state index contributed by atoms with van der Waals surface area (Å²) in [4.78, 5) is 26.1. The van der Waals surface area contributed by atoms with E-state index in [1.54, 1.807) is 4.90 Å². The third kappa shape index (κ3) is 5.84. The highest BCUT2D eigenvalue weighted by molar-refractivity contribution is 6.32. The van der Waals surface area contributed by atoms with Gasteiger partial charge < -0.3 is 20.1 Å². The van der Waals surface area contributed by atoms with Crippen LogP contribution in [0.25, 0.3) is 0 Å². The van der Waals surface area contributed by atoms with Crippen molar-refractivity contribution in [2.45, 2.75) is 52.7 Å². The number of likely N-dealkylation sites (tertiary alicyclic amines) is 1. The molecule has 2 N–H and O–H groups in total. The summed E-state index contributed by atoms with van der Waals surface area (Å²) in [6.07, 6.45) is 0.284. The molecule has 6 nitrogen and oxygen atoms in total. The number of nitrogens with one attached hydrogen (secondary N) is 1. The zero-order valence-corrected chi connectivity index (χ0v) is 17.2. The summed E-state index contributed by atoms with van der Waals surface area (Å²) in [6, 6.07) is 3.29. The van der Waals surface area contributed by atoms with Gasteiger partial charge in [0.05, 0.1) is 12.1 Å². The zero-order chi connectivity index (χ0) is 20.1. The van der Waals surface area contributed by atoms with Crippen LogP contribution in [0, 0.1) is 19.8 Å². The molecule has 1 fully saturated rings. The number of benzene rings is 1. The van der Waals surface area contributed by atoms with Gasteiger partial charge in [-0.25, -0.2) is 0 Å². The Balaban J connectivity index is 1.91. The molecule has 0 radical (unpaired) electrons. The maximum Gasteiger partial charge on any atom is 0.260 e. The second kappa shape index (κ2) is 9.42. The summed E-state index contributed by atoms with van der Waals surface area (Å²) >= 11 is 6.15. The Morgan fingerprint density at radius 1 is 1.26 bits per heavy atom. The predicted octanol–water partition coefficient (Wildman–Crippen LogP) is 2.46. The van der Waals surface area contributed by atoms with Crippen molar-refractivity contribution in [2.24, 2.45) is 5.92 Å². The Bertz CT molecular complexity index is 670. The summed E-state index contributed by atoms with van der Waals surface area (Å²) in [5, 5.41) is 13.8. The van der Waals surface area contributed by atoms with Gasteiger partial charge in [0.15, 0.2) is 6.61 Å². The number of aliphatic hydroxyl groups excluding tert-OH is 1. The van der Waals surface area contributed by atoms with Gasteiger partial charge in [-0.1, -0.05) is 25.4 Å². The van der Waals surface area contributed by atoms with E-state index in [0.717, 1.165) is 11.1 Å². The van der Waals surface area contributed by atoms with E-state index in [2.05, 4.69) is 5.32 Å². The maximum absolute atomic E-state index is 12.5. The number of carbonyl (C=O) groups excluding carboxylic acids is 2. The summed E-state index contributed by atoms with van der Waals surface area (Å²) in [5.41, 5.74) is 1.81. The van der Waals surface area contributed by atoms with Gasteiger partial charge in [0.1, 0.15) is 5.75 Å². The first kappa shape index (κ1) is 21.5. The number of ether oxygens (including phenoxy) is 1. The second-order valence-electron chi connectivity index (χ2n) is 7.45. The third-order valence-electron chi connectivity index (χ3n) is 4.85. The second-order valence-corrected chi connectivity index (χ2v) is 7.83. The fourth-order valence-electron chi connectivity index (χ4n) is 3.08. The van der Waals surface area contributed by atoms with Crippen molar-refractivity contribution in [1.82, 2.24) is 10.2 Å². The van der Waals surface area contributed by atoms with Crippen LogP contribution in [0.5, 0.6) is 5.75 Å². The molecular formula is C20H29ClN2O4. The van der Waals surface area contributed by atoms with Gasteiger partial charge in [-0.15, -0.1) is 0 Å². The van der Waals surface area contributed by atoms with E-state index in [4.69, 9.17) is 16.3 Å². The molecular weight excluding hydrogens is 368 g/mol. The number of rotatable bonds is 5. The molecule has 1 aromatic carbocycles. The summed E-state index contributed by atoms with van der Waals surface area (Å²) < 4.78 is 5.65. The third-order valence-corrected chi connectivity index (χ3v) is 5.44. The molecule has 0 bridgehead atoms. The molecule has 2 atom stereocenters. The number of amides is 2. The van der Waals surface area contributed by atoms with Crippen molar-refractivity contribution < 1.29 is 19.4 Å². The molecule has 1 aliphatic heterocycles. The highest BCUT2D eigenvalue weighted by atomic mass is 35.5. The van der Waals surface area contributed by atoms with E-state index in [1.165, 1.54) is 0 Å². The van der Waals surface area contributed by atoms with Crippen LogP contribution in [0.3, 0.4) is 0 Å². The van der Waals surface area contributed by atoms with Crippen molar-refractivity contribution in [3.8, 4) is 5.75 Å². The first-order valence-electron chi connectivity index (χ1n) is 9.34. The number of hydrogen-bond acceptors (Lipinski definition) is 4. The van der Waals surface area contributed by atoms with Gasteiger partial charge in [-0.05, 0) is 49.9 Å². The molecule has 0 aliphatic carbocycles. The van der Waals surface area contributed by atoms with Crippen LogP contribution in [-0.4, -0.2) is 53.7 Å². The number of nitrogens with zero attached hydrogens (tertiary/aromatic N) is 1. The van der Waals surface area contributed by atoms with Crippen molar-refractivity contribution in [3.63, 3.8) is 0 Å². The minimum atomic E-state index is -0.659. The van der Waals surface area contributed by atoms with Gasteiger partial charge in [-0.3, -0.25) is 9.59 Å². The predicted molar refractivity (Wildman–Crippen MR) is 105 cm³/mol. The summed E-state index contributed by atoms with van der Waals surface area (Å²) in [7, 11) is 0. The molecule has 1 heterocycles. The highest BCUT2D eigenvalue weighted by Crippen LogP contribution is 2.26. The Labute approximate surface area is 165 Å². The SMILES string of the molecule is Cc1cc(OCC(=O)N2CC[C@H](NC(=O)C(C)C)[C@@H](O)CC2)cc(C)c1Cl. The molecule has 2 rings (SSSR count). The van der Waals surface area contributed by atoms with Gasteiger partial charge >= 0.3 is 0 Å².